The van der Waals surface area contributed by atoms with Crippen LogP contribution in [-0.4, -0.2) is 25.1 Å². The molecule has 118 valence electrons. The number of benzene rings is 2. The standard InChI is InChI=1S/C16H13FN2O3S/c1-21-10-4-6-12-14(8-10)23-16(18-12)19-15(20)9-3-5-11(17)13(7-9)22-2/h3-8H,1-2H3,(H,18,19,20). The molecule has 0 fully saturated rings. The summed E-state index contributed by atoms with van der Waals surface area (Å²) in [5.41, 5.74) is 1.06. The van der Waals surface area contributed by atoms with Gasteiger partial charge in [-0.1, -0.05) is 11.3 Å². The van der Waals surface area contributed by atoms with E-state index in [0.29, 0.717) is 10.7 Å². The molecule has 3 aromatic rings. The molecule has 0 spiro atoms. The fourth-order valence-corrected chi connectivity index (χ4v) is 2.95. The van der Waals surface area contributed by atoms with E-state index in [9.17, 15) is 9.18 Å². The minimum absolute atomic E-state index is 0.0201. The Morgan fingerprint density at radius 3 is 2.74 bits per heavy atom. The fraction of sp³-hybridized carbons (Fsp3) is 0.125. The number of carbonyl (C=O) groups excluding carboxylic acids is 1. The molecule has 0 bridgehead atoms. The average Bonchev–Trinajstić information content (AvgIpc) is 2.96. The summed E-state index contributed by atoms with van der Waals surface area (Å²) in [5, 5.41) is 3.17. The number of thiazole rings is 1. The summed E-state index contributed by atoms with van der Waals surface area (Å²) in [6.07, 6.45) is 0. The maximum absolute atomic E-state index is 13.4. The minimum Gasteiger partial charge on any atom is -0.497 e. The van der Waals surface area contributed by atoms with Gasteiger partial charge in [-0.3, -0.25) is 10.1 Å². The van der Waals surface area contributed by atoms with Crippen molar-refractivity contribution >= 4 is 32.6 Å². The number of rotatable bonds is 4. The van der Waals surface area contributed by atoms with Crippen molar-refractivity contribution in [1.29, 1.82) is 0 Å². The van der Waals surface area contributed by atoms with Crippen LogP contribution in [0.15, 0.2) is 36.4 Å². The molecule has 0 aliphatic rings. The van der Waals surface area contributed by atoms with Crippen molar-refractivity contribution < 1.29 is 18.7 Å². The first kappa shape index (κ1) is 15.2. The van der Waals surface area contributed by atoms with Gasteiger partial charge in [0.1, 0.15) is 5.75 Å². The van der Waals surface area contributed by atoms with Gasteiger partial charge >= 0.3 is 0 Å². The second-order valence-electron chi connectivity index (χ2n) is 4.66. The smallest absolute Gasteiger partial charge is 0.257 e. The molecule has 3 rings (SSSR count). The highest BCUT2D eigenvalue weighted by Crippen LogP contribution is 2.29. The van der Waals surface area contributed by atoms with Crippen molar-refractivity contribution in [1.82, 2.24) is 4.98 Å². The molecule has 2 aromatic carbocycles. The summed E-state index contributed by atoms with van der Waals surface area (Å²) in [6, 6.07) is 9.41. The highest BCUT2D eigenvalue weighted by atomic mass is 32.1. The van der Waals surface area contributed by atoms with Crippen LogP contribution in [0, 0.1) is 5.82 Å². The Hall–Kier alpha value is -2.67. The molecule has 1 N–H and O–H groups in total. The number of amides is 1. The van der Waals surface area contributed by atoms with Crippen LogP contribution in [0.4, 0.5) is 9.52 Å². The number of halogens is 1. The largest absolute Gasteiger partial charge is 0.497 e. The van der Waals surface area contributed by atoms with Crippen LogP contribution in [0.3, 0.4) is 0 Å². The number of carbonyl (C=O) groups is 1. The van der Waals surface area contributed by atoms with Crippen LogP contribution >= 0.6 is 11.3 Å². The second kappa shape index (κ2) is 6.21. The highest BCUT2D eigenvalue weighted by Gasteiger charge is 2.13. The van der Waals surface area contributed by atoms with E-state index < -0.39 is 5.82 Å². The number of hydrogen-bond acceptors (Lipinski definition) is 5. The second-order valence-corrected chi connectivity index (χ2v) is 5.69. The quantitative estimate of drug-likeness (QED) is 0.791. The Morgan fingerprint density at radius 1 is 1.17 bits per heavy atom. The Bertz CT molecular complexity index is 879. The van der Waals surface area contributed by atoms with Gasteiger partial charge in [0.15, 0.2) is 16.7 Å². The molecule has 0 saturated heterocycles. The van der Waals surface area contributed by atoms with Crippen molar-refractivity contribution in [2.24, 2.45) is 0 Å². The number of nitrogens with zero attached hydrogens (tertiary/aromatic N) is 1. The number of anilines is 1. The van der Waals surface area contributed by atoms with Gasteiger partial charge in [-0.15, -0.1) is 0 Å². The van der Waals surface area contributed by atoms with Gasteiger partial charge in [-0.05, 0) is 36.4 Å². The Morgan fingerprint density at radius 2 is 2.00 bits per heavy atom. The van der Waals surface area contributed by atoms with Gasteiger partial charge < -0.3 is 9.47 Å². The molecular weight excluding hydrogens is 319 g/mol. The summed E-state index contributed by atoms with van der Waals surface area (Å²) in [7, 11) is 2.94. The van der Waals surface area contributed by atoms with Gasteiger partial charge in [0, 0.05) is 5.56 Å². The maximum Gasteiger partial charge on any atom is 0.257 e. The molecule has 0 atom stereocenters. The van der Waals surface area contributed by atoms with E-state index in [1.807, 2.05) is 12.1 Å². The Kier molecular flexibility index (Phi) is 4.12. The predicted octanol–water partition coefficient (Wildman–Crippen LogP) is 3.70. The van der Waals surface area contributed by atoms with Crippen molar-refractivity contribution in [3.63, 3.8) is 0 Å². The summed E-state index contributed by atoms with van der Waals surface area (Å²) >= 11 is 1.33. The molecule has 7 heteroatoms. The number of nitrogens with one attached hydrogen (secondary N) is 1. The van der Waals surface area contributed by atoms with Crippen LogP contribution in [-0.2, 0) is 0 Å². The predicted molar refractivity (Wildman–Crippen MR) is 87.1 cm³/mol. The van der Waals surface area contributed by atoms with E-state index in [0.717, 1.165) is 16.0 Å². The summed E-state index contributed by atoms with van der Waals surface area (Å²) in [4.78, 5) is 16.6. The minimum atomic E-state index is -0.517. The molecule has 1 aromatic heterocycles. The van der Waals surface area contributed by atoms with Crippen molar-refractivity contribution in [3.8, 4) is 11.5 Å². The third-order valence-electron chi connectivity index (χ3n) is 3.23. The number of hydrogen-bond donors (Lipinski definition) is 1. The topological polar surface area (TPSA) is 60.5 Å². The number of methoxy groups -OCH3 is 2. The molecular formula is C16H13FN2O3S. The third kappa shape index (κ3) is 3.09. The van der Waals surface area contributed by atoms with Crippen molar-refractivity contribution in [2.75, 3.05) is 19.5 Å². The number of fused-ring (bicyclic) bond motifs is 1. The normalized spacial score (nSPS) is 10.6. The molecule has 0 saturated carbocycles. The van der Waals surface area contributed by atoms with Crippen molar-refractivity contribution in [2.45, 2.75) is 0 Å². The van der Waals surface area contributed by atoms with E-state index >= 15 is 0 Å². The molecule has 23 heavy (non-hydrogen) atoms. The van der Waals surface area contributed by atoms with Gasteiger partial charge in [-0.2, -0.15) is 0 Å². The first-order valence-corrected chi connectivity index (χ1v) is 7.52. The average molecular weight is 332 g/mol. The third-order valence-corrected chi connectivity index (χ3v) is 4.16. The number of ether oxygens (including phenoxy) is 2. The van der Waals surface area contributed by atoms with E-state index in [-0.39, 0.29) is 11.7 Å². The lowest BCUT2D eigenvalue weighted by molar-refractivity contribution is 0.102. The van der Waals surface area contributed by atoms with Crippen LogP contribution in [0.2, 0.25) is 0 Å². The van der Waals surface area contributed by atoms with E-state index in [4.69, 9.17) is 9.47 Å². The maximum atomic E-state index is 13.4. The molecule has 0 unspecified atom stereocenters. The lowest BCUT2D eigenvalue weighted by Gasteiger charge is -2.05. The summed E-state index contributed by atoms with van der Waals surface area (Å²) < 4.78 is 24.3. The van der Waals surface area contributed by atoms with Crippen LogP contribution in [0.5, 0.6) is 11.5 Å². The fourth-order valence-electron chi connectivity index (χ4n) is 2.06. The zero-order valence-corrected chi connectivity index (χ0v) is 13.2. The highest BCUT2D eigenvalue weighted by molar-refractivity contribution is 7.22. The van der Waals surface area contributed by atoms with E-state index in [2.05, 4.69) is 10.3 Å². The Balaban J connectivity index is 1.85. The van der Waals surface area contributed by atoms with Crippen LogP contribution < -0.4 is 14.8 Å². The van der Waals surface area contributed by atoms with Gasteiger partial charge in [0.2, 0.25) is 0 Å². The molecule has 0 aliphatic carbocycles. The Labute approximate surface area is 135 Å². The molecule has 0 radical (unpaired) electrons. The SMILES string of the molecule is COc1ccc2nc(NC(=O)c3ccc(F)c(OC)c3)sc2c1. The summed E-state index contributed by atoms with van der Waals surface area (Å²) in [5.74, 6) is -0.153. The molecule has 5 nitrogen and oxygen atoms in total. The van der Waals surface area contributed by atoms with Gasteiger partial charge in [0.05, 0.1) is 24.4 Å². The molecule has 0 aliphatic heterocycles. The number of aromatic nitrogens is 1. The van der Waals surface area contributed by atoms with Crippen molar-refractivity contribution in [3.05, 3.63) is 47.8 Å². The van der Waals surface area contributed by atoms with Crippen LogP contribution in [0.1, 0.15) is 10.4 Å². The zero-order valence-electron chi connectivity index (χ0n) is 12.4. The lowest BCUT2D eigenvalue weighted by atomic mass is 10.2. The van der Waals surface area contributed by atoms with Gasteiger partial charge in [-0.25, -0.2) is 9.37 Å². The lowest BCUT2D eigenvalue weighted by Crippen LogP contribution is -2.11. The first-order chi connectivity index (χ1) is 11.1. The van der Waals surface area contributed by atoms with E-state index in [1.165, 1.54) is 36.6 Å². The molecule has 1 amide bonds. The summed E-state index contributed by atoms with van der Waals surface area (Å²) in [6.45, 7) is 0. The van der Waals surface area contributed by atoms with Gasteiger partial charge in [0.25, 0.3) is 5.91 Å². The zero-order chi connectivity index (χ0) is 16.4. The monoisotopic (exact) mass is 332 g/mol. The van der Waals surface area contributed by atoms with E-state index in [1.54, 1.807) is 13.2 Å². The first-order valence-electron chi connectivity index (χ1n) is 6.70. The molecule has 1 heterocycles. The van der Waals surface area contributed by atoms with Crippen LogP contribution in [0.25, 0.3) is 10.2 Å².